The van der Waals surface area contributed by atoms with Gasteiger partial charge in [-0.2, -0.15) is 4.98 Å². The van der Waals surface area contributed by atoms with Gasteiger partial charge in [0.25, 0.3) is 0 Å². The summed E-state index contributed by atoms with van der Waals surface area (Å²) in [6.45, 7) is 4.41. The highest BCUT2D eigenvalue weighted by molar-refractivity contribution is 6.30. The average molecular weight is 455 g/mol. The third kappa shape index (κ3) is 5.53. The molecule has 2 aromatic carbocycles. The fraction of sp³-hybridized carbons (Fsp3) is 0.292. The van der Waals surface area contributed by atoms with Gasteiger partial charge in [0.1, 0.15) is 23.2 Å². The molecular formula is C24H24ClFN4O2. The Morgan fingerprint density at radius 3 is 2.53 bits per heavy atom. The normalized spacial score (nSPS) is 13.8. The summed E-state index contributed by atoms with van der Waals surface area (Å²) in [5, 5.41) is 0.0827. The molecule has 1 aromatic heterocycles. The molecular weight excluding hydrogens is 431 g/mol. The van der Waals surface area contributed by atoms with Gasteiger partial charge in [0.2, 0.25) is 11.8 Å². The summed E-state index contributed by atoms with van der Waals surface area (Å²) < 4.78 is 19.2. The van der Waals surface area contributed by atoms with Crippen molar-refractivity contribution in [2.75, 3.05) is 31.1 Å². The smallest absolute Gasteiger partial charge is 0.224 e. The highest BCUT2D eigenvalue weighted by Crippen LogP contribution is 2.24. The third-order valence-electron chi connectivity index (χ3n) is 5.33. The Morgan fingerprint density at radius 1 is 1.06 bits per heavy atom. The molecule has 1 aliphatic heterocycles. The number of benzene rings is 2. The first-order chi connectivity index (χ1) is 15.5. The van der Waals surface area contributed by atoms with Gasteiger partial charge in [0, 0.05) is 38.7 Å². The molecule has 0 aliphatic carbocycles. The Morgan fingerprint density at radius 2 is 1.81 bits per heavy atom. The molecule has 1 saturated heterocycles. The van der Waals surface area contributed by atoms with Crippen LogP contribution < -0.4 is 9.64 Å². The number of amides is 1. The number of carbonyl (C=O) groups is 1. The van der Waals surface area contributed by atoms with Crippen LogP contribution in [0.4, 0.5) is 10.2 Å². The molecule has 0 saturated carbocycles. The van der Waals surface area contributed by atoms with Crippen LogP contribution in [-0.2, 0) is 11.2 Å². The molecule has 3 aromatic rings. The van der Waals surface area contributed by atoms with Gasteiger partial charge in [-0.1, -0.05) is 35.9 Å². The quantitative estimate of drug-likeness (QED) is 0.542. The molecule has 0 radical (unpaired) electrons. The Kier molecular flexibility index (Phi) is 6.85. The number of piperazine rings is 1. The molecule has 6 nitrogen and oxygen atoms in total. The number of hydrogen-bond donors (Lipinski definition) is 0. The molecule has 1 fully saturated rings. The minimum Gasteiger partial charge on any atom is -0.439 e. The van der Waals surface area contributed by atoms with Crippen LogP contribution in [0.3, 0.4) is 0 Å². The molecule has 1 amide bonds. The van der Waals surface area contributed by atoms with Crippen molar-refractivity contribution >= 4 is 23.3 Å². The van der Waals surface area contributed by atoms with E-state index in [2.05, 4.69) is 14.9 Å². The number of para-hydroxylation sites is 1. The molecule has 0 spiro atoms. The maximum atomic E-state index is 13.3. The van der Waals surface area contributed by atoms with Crippen LogP contribution in [0.5, 0.6) is 11.6 Å². The van der Waals surface area contributed by atoms with E-state index in [-0.39, 0.29) is 10.9 Å². The van der Waals surface area contributed by atoms with Crippen molar-refractivity contribution < 1.29 is 13.9 Å². The summed E-state index contributed by atoms with van der Waals surface area (Å²) in [6.07, 6.45) is 0.897. The topological polar surface area (TPSA) is 58.6 Å². The van der Waals surface area contributed by atoms with Gasteiger partial charge in [-0.15, -0.1) is 0 Å². The van der Waals surface area contributed by atoms with Gasteiger partial charge in [-0.05, 0) is 43.2 Å². The lowest BCUT2D eigenvalue weighted by Crippen LogP contribution is -2.49. The van der Waals surface area contributed by atoms with Gasteiger partial charge in [-0.3, -0.25) is 4.79 Å². The zero-order valence-electron chi connectivity index (χ0n) is 17.8. The van der Waals surface area contributed by atoms with Crippen LogP contribution in [0.1, 0.15) is 17.8 Å². The van der Waals surface area contributed by atoms with Crippen molar-refractivity contribution in [2.45, 2.75) is 19.8 Å². The lowest BCUT2D eigenvalue weighted by molar-refractivity contribution is -0.131. The van der Waals surface area contributed by atoms with Crippen LogP contribution in [0.2, 0.25) is 5.02 Å². The summed E-state index contributed by atoms with van der Waals surface area (Å²) in [6, 6.07) is 15.9. The second-order valence-corrected chi connectivity index (χ2v) is 8.05. The minimum atomic E-state index is -0.449. The lowest BCUT2D eigenvalue weighted by Gasteiger charge is -2.35. The maximum Gasteiger partial charge on any atom is 0.224 e. The SMILES string of the molecule is Cc1nc(Oc2ccccc2)cc(N2CCN(C(=O)CCc3ccc(F)c(Cl)c3)CC2)n1. The largest absolute Gasteiger partial charge is 0.439 e. The Hall–Kier alpha value is -3.19. The number of ether oxygens (including phenoxy) is 1. The molecule has 0 N–H and O–H groups in total. The summed E-state index contributed by atoms with van der Waals surface area (Å²) in [5.41, 5.74) is 0.853. The van der Waals surface area contributed by atoms with Crippen molar-refractivity contribution in [2.24, 2.45) is 0 Å². The number of halogens is 2. The highest BCUT2D eigenvalue weighted by atomic mass is 35.5. The van der Waals surface area contributed by atoms with E-state index in [0.717, 1.165) is 17.1 Å². The number of hydrogen-bond acceptors (Lipinski definition) is 5. The summed E-state index contributed by atoms with van der Waals surface area (Å²) in [4.78, 5) is 25.5. The fourth-order valence-corrected chi connectivity index (χ4v) is 3.84. The van der Waals surface area contributed by atoms with Crippen LogP contribution in [0.25, 0.3) is 0 Å². The maximum absolute atomic E-state index is 13.3. The fourth-order valence-electron chi connectivity index (χ4n) is 3.64. The Balaban J connectivity index is 1.33. The number of carbonyl (C=O) groups excluding carboxylic acids is 1. The van der Waals surface area contributed by atoms with Crippen molar-refractivity contribution in [3.8, 4) is 11.6 Å². The minimum absolute atomic E-state index is 0.0806. The van der Waals surface area contributed by atoms with Gasteiger partial charge in [-0.25, -0.2) is 9.37 Å². The molecule has 1 aliphatic rings. The first-order valence-electron chi connectivity index (χ1n) is 10.5. The molecule has 4 rings (SSSR count). The number of aromatic nitrogens is 2. The predicted molar refractivity (Wildman–Crippen MR) is 122 cm³/mol. The van der Waals surface area contributed by atoms with E-state index in [0.29, 0.717) is 50.7 Å². The van der Waals surface area contributed by atoms with Crippen LogP contribution in [-0.4, -0.2) is 47.0 Å². The van der Waals surface area contributed by atoms with E-state index in [9.17, 15) is 9.18 Å². The van der Waals surface area contributed by atoms with E-state index in [1.54, 1.807) is 12.1 Å². The van der Waals surface area contributed by atoms with E-state index in [4.69, 9.17) is 16.3 Å². The summed E-state index contributed by atoms with van der Waals surface area (Å²) >= 11 is 5.82. The highest BCUT2D eigenvalue weighted by Gasteiger charge is 2.22. The number of nitrogens with zero attached hydrogens (tertiary/aromatic N) is 4. The zero-order valence-corrected chi connectivity index (χ0v) is 18.6. The van der Waals surface area contributed by atoms with Crippen LogP contribution >= 0.6 is 11.6 Å². The van der Waals surface area contributed by atoms with Gasteiger partial charge >= 0.3 is 0 Å². The molecule has 8 heteroatoms. The van der Waals surface area contributed by atoms with Crippen molar-refractivity contribution in [3.05, 3.63) is 76.8 Å². The Bertz CT molecular complexity index is 1090. The van der Waals surface area contributed by atoms with Crippen LogP contribution in [0, 0.1) is 12.7 Å². The second kappa shape index (κ2) is 9.96. The average Bonchev–Trinajstić information content (AvgIpc) is 2.80. The number of aryl methyl sites for hydroxylation is 2. The van der Waals surface area contributed by atoms with Crippen LogP contribution in [0.15, 0.2) is 54.6 Å². The predicted octanol–water partition coefficient (Wildman–Crippen LogP) is 4.65. The standard InChI is InChI=1S/C24H24ClFN4O2/c1-17-27-22(16-23(28-17)32-19-5-3-2-4-6-19)29-11-13-30(14-12-29)24(31)10-8-18-7-9-21(26)20(25)15-18/h2-7,9,15-16H,8,10-14H2,1H3. The zero-order chi connectivity index (χ0) is 22.5. The molecule has 0 atom stereocenters. The van der Waals surface area contributed by atoms with Crippen molar-refractivity contribution in [3.63, 3.8) is 0 Å². The van der Waals surface area contributed by atoms with Gasteiger partial charge < -0.3 is 14.5 Å². The second-order valence-electron chi connectivity index (χ2n) is 7.64. The number of anilines is 1. The van der Waals surface area contributed by atoms with Gasteiger partial charge in [0.15, 0.2) is 0 Å². The summed E-state index contributed by atoms with van der Waals surface area (Å²) in [7, 11) is 0. The first kappa shape index (κ1) is 22.0. The van der Waals surface area contributed by atoms with E-state index < -0.39 is 5.82 Å². The molecule has 0 unspecified atom stereocenters. The van der Waals surface area contributed by atoms with E-state index >= 15 is 0 Å². The first-order valence-corrected chi connectivity index (χ1v) is 10.9. The van der Waals surface area contributed by atoms with Crippen molar-refractivity contribution in [1.82, 2.24) is 14.9 Å². The summed E-state index contributed by atoms with van der Waals surface area (Å²) in [5.74, 6) is 2.26. The van der Waals surface area contributed by atoms with Gasteiger partial charge in [0.05, 0.1) is 5.02 Å². The molecule has 166 valence electrons. The Labute approximate surface area is 191 Å². The molecule has 2 heterocycles. The monoisotopic (exact) mass is 454 g/mol. The van der Waals surface area contributed by atoms with E-state index in [1.165, 1.54) is 6.07 Å². The number of rotatable bonds is 6. The van der Waals surface area contributed by atoms with Crippen molar-refractivity contribution in [1.29, 1.82) is 0 Å². The molecule has 0 bridgehead atoms. The third-order valence-corrected chi connectivity index (χ3v) is 5.62. The lowest BCUT2D eigenvalue weighted by atomic mass is 10.1. The molecule has 32 heavy (non-hydrogen) atoms. The van der Waals surface area contributed by atoms with E-state index in [1.807, 2.05) is 48.2 Å².